The molecule has 4 heteroatoms. The van der Waals surface area contributed by atoms with Crippen LogP contribution < -0.4 is 5.73 Å². The molecule has 0 radical (unpaired) electrons. The molecule has 0 aromatic rings. The van der Waals surface area contributed by atoms with Gasteiger partial charge in [0, 0.05) is 24.2 Å². The summed E-state index contributed by atoms with van der Waals surface area (Å²) in [4.78, 5) is 25.0. The van der Waals surface area contributed by atoms with Crippen molar-refractivity contribution in [3.63, 3.8) is 0 Å². The first-order valence-electron chi connectivity index (χ1n) is 5.84. The van der Waals surface area contributed by atoms with E-state index < -0.39 is 5.91 Å². The van der Waals surface area contributed by atoms with Gasteiger partial charge in [0.25, 0.3) is 0 Å². The number of hydrogen-bond donors (Lipinski definition) is 1. The van der Waals surface area contributed by atoms with Gasteiger partial charge in [-0.25, -0.2) is 0 Å². The molecule has 2 amide bonds. The third kappa shape index (κ3) is 3.36. The maximum absolute atomic E-state index is 12.1. The van der Waals surface area contributed by atoms with Crippen LogP contribution in [0.1, 0.15) is 40.5 Å². The molecule has 0 unspecified atom stereocenters. The molecule has 4 nitrogen and oxygen atoms in total. The van der Waals surface area contributed by atoms with E-state index in [9.17, 15) is 9.59 Å². The van der Waals surface area contributed by atoms with Crippen molar-refractivity contribution in [1.82, 2.24) is 4.90 Å². The van der Waals surface area contributed by atoms with Crippen molar-refractivity contribution in [3.8, 4) is 0 Å². The van der Waals surface area contributed by atoms with Gasteiger partial charge in [0.15, 0.2) is 0 Å². The number of rotatable bonds is 6. The summed E-state index contributed by atoms with van der Waals surface area (Å²) in [7, 11) is 0. The lowest BCUT2D eigenvalue weighted by atomic mass is 10.0. The van der Waals surface area contributed by atoms with Gasteiger partial charge in [-0.3, -0.25) is 9.59 Å². The maximum atomic E-state index is 12.1. The molecule has 0 bridgehead atoms. The largest absolute Gasteiger partial charge is 0.366 e. The summed E-state index contributed by atoms with van der Waals surface area (Å²) in [6, 6.07) is 0. The minimum atomic E-state index is -0.486. The minimum absolute atomic E-state index is 0.0665. The van der Waals surface area contributed by atoms with Crippen LogP contribution in [0.2, 0.25) is 0 Å². The highest BCUT2D eigenvalue weighted by molar-refractivity contribution is 6.04. The number of likely N-dealkylation sites (N-methyl/N-ethyl adjacent to an activating group) is 1. The van der Waals surface area contributed by atoms with E-state index >= 15 is 0 Å². The summed E-state index contributed by atoms with van der Waals surface area (Å²) in [5, 5.41) is 0. The molecule has 0 saturated carbocycles. The Morgan fingerprint density at radius 2 is 1.38 bits per heavy atom. The van der Waals surface area contributed by atoms with Gasteiger partial charge in [-0.05, 0) is 26.7 Å². The minimum Gasteiger partial charge on any atom is -0.366 e. The third-order valence-electron chi connectivity index (χ3n) is 2.68. The van der Waals surface area contributed by atoms with E-state index in [2.05, 4.69) is 0 Å². The van der Waals surface area contributed by atoms with Gasteiger partial charge < -0.3 is 10.6 Å². The highest BCUT2D eigenvalue weighted by atomic mass is 16.2. The lowest BCUT2D eigenvalue weighted by Gasteiger charge is -2.21. The molecule has 0 aromatic carbocycles. The number of nitrogens with two attached hydrogens (primary N) is 1. The van der Waals surface area contributed by atoms with Crippen molar-refractivity contribution < 1.29 is 9.59 Å². The summed E-state index contributed by atoms with van der Waals surface area (Å²) in [5.41, 5.74) is 6.29. The fraction of sp³-hybridized carbons (Fsp3) is 0.667. The second kappa shape index (κ2) is 7.04. The normalized spacial score (nSPS) is 12.0. The first-order valence-corrected chi connectivity index (χ1v) is 5.84. The van der Waals surface area contributed by atoms with Gasteiger partial charge >= 0.3 is 0 Å². The van der Waals surface area contributed by atoms with Gasteiger partial charge in [0.1, 0.15) is 0 Å². The van der Waals surface area contributed by atoms with Crippen molar-refractivity contribution in [1.29, 1.82) is 0 Å². The van der Waals surface area contributed by atoms with Crippen molar-refractivity contribution in [2.45, 2.75) is 40.5 Å². The molecule has 0 heterocycles. The Hall–Kier alpha value is -1.32. The van der Waals surface area contributed by atoms with Crippen LogP contribution in [0.3, 0.4) is 0 Å². The van der Waals surface area contributed by atoms with Crippen molar-refractivity contribution in [2.75, 3.05) is 13.1 Å². The second-order valence-corrected chi connectivity index (χ2v) is 3.51. The van der Waals surface area contributed by atoms with Gasteiger partial charge in [-0.1, -0.05) is 13.8 Å². The molecule has 0 spiro atoms. The van der Waals surface area contributed by atoms with E-state index in [1.54, 1.807) is 4.90 Å². The third-order valence-corrected chi connectivity index (χ3v) is 2.68. The lowest BCUT2D eigenvalue weighted by molar-refractivity contribution is -0.127. The highest BCUT2D eigenvalue weighted by Crippen LogP contribution is 2.15. The quantitative estimate of drug-likeness (QED) is 0.697. The monoisotopic (exact) mass is 226 g/mol. The van der Waals surface area contributed by atoms with Crippen LogP contribution in [0.4, 0.5) is 0 Å². The van der Waals surface area contributed by atoms with Crippen LogP contribution in [-0.2, 0) is 9.59 Å². The first-order chi connectivity index (χ1) is 7.53. The van der Waals surface area contributed by atoms with Gasteiger partial charge in [0.05, 0.1) is 0 Å². The van der Waals surface area contributed by atoms with Crippen LogP contribution in [0.25, 0.3) is 0 Å². The van der Waals surface area contributed by atoms with E-state index in [0.717, 1.165) is 0 Å². The van der Waals surface area contributed by atoms with E-state index in [1.165, 1.54) is 0 Å². The van der Waals surface area contributed by atoms with Crippen LogP contribution in [-0.4, -0.2) is 29.8 Å². The molecule has 0 rings (SSSR count). The molecule has 92 valence electrons. The van der Waals surface area contributed by atoms with E-state index in [1.807, 2.05) is 27.7 Å². The lowest BCUT2D eigenvalue weighted by Crippen LogP contribution is -2.33. The van der Waals surface area contributed by atoms with Crippen LogP contribution >= 0.6 is 0 Å². The second-order valence-electron chi connectivity index (χ2n) is 3.51. The van der Waals surface area contributed by atoms with E-state index in [-0.39, 0.29) is 5.91 Å². The Morgan fingerprint density at radius 1 is 0.938 bits per heavy atom. The molecule has 16 heavy (non-hydrogen) atoms. The predicted octanol–water partition coefficient (Wildman–Crippen LogP) is 1.46. The predicted molar refractivity (Wildman–Crippen MR) is 64.7 cm³/mol. The Balaban J connectivity index is 5.25. The Labute approximate surface area is 97.5 Å². The molecule has 0 fully saturated rings. The Bertz CT molecular complexity index is 291. The Kier molecular flexibility index (Phi) is 6.46. The maximum Gasteiger partial charge on any atom is 0.250 e. The van der Waals surface area contributed by atoms with Crippen LogP contribution in [0.5, 0.6) is 0 Å². The molecular formula is C12H22N2O2. The fourth-order valence-electron chi connectivity index (χ4n) is 1.73. The summed E-state index contributed by atoms with van der Waals surface area (Å²) in [5.74, 6) is -0.553. The van der Waals surface area contributed by atoms with E-state index in [4.69, 9.17) is 5.73 Å². The molecular weight excluding hydrogens is 204 g/mol. The van der Waals surface area contributed by atoms with Crippen LogP contribution in [0, 0.1) is 0 Å². The number of hydrogen-bond acceptors (Lipinski definition) is 2. The average Bonchev–Trinajstić information content (AvgIpc) is 2.26. The number of carbonyl (C=O) groups is 2. The van der Waals surface area contributed by atoms with Crippen molar-refractivity contribution >= 4 is 11.8 Å². The van der Waals surface area contributed by atoms with E-state index in [0.29, 0.717) is 37.1 Å². The molecule has 0 atom stereocenters. The Morgan fingerprint density at radius 3 is 1.62 bits per heavy atom. The molecule has 2 N–H and O–H groups in total. The zero-order chi connectivity index (χ0) is 12.7. The zero-order valence-corrected chi connectivity index (χ0v) is 10.7. The van der Waals surface area contributed by atoms with Crippen molar-refractivity contribution in [2.24, 2.45) is 5.73 Å². The molecule has 0 aromatic heterocycles. The standard InChI is InChI=1S/C12H22N2O2/c1-5-9(11(13)15)10(6-2)12(16)14(7-3)8-4/h5-8H2,1-4H3,(H2,13,15)/b10-9+. The average molecular weight is 226 g/mol. The number of primary amides is 1. The fourth-order valence-corrected chi connectivity index (χ4v) is 1.73. The number of amides is 2. The number of nitrogens with zero attached hydrogens (tertiary/aromatic N) is 1. The molecule has 0 aliphatic carbocycles. The highest BCUT2D eigenvalue weighted by Gasteiger charge is 2.19. The smallest absolute Gasteiger partial charge is 0.250 e. The summed E-state index contributed by atoms with van der Waals surface area (Å²) in [6.45, 7) is 8.85. The first kappa shape index (κ1) is 14.7. The SMILES string of the molecule is CC/C(C(N)=O)=C(/CC)C(=O)N(CC)CC. The summed E-state index contributed by atoms with van der Waals surface area (Å²) in [6.07, 6.45) is 1.05. The summed E-state index contributed by atoms with van der Waals surface area (Å²) >= 11 is 0. The zero-order valence-electron chi connectivity index (χ0n) is 10.7. The van der Waals surface area contributed by atoms with Gasteiger partial charge in [0.2, 0.25) is 11.8 Å². The molecule has 0 saturated heterocycles. The van der Waals surface area contributed by atoms with Gasteiger partial charge in [-0.2, -0.15) is 0 Å². The summed E-state index contributed by atoms with van der Waals surface area (Å²) < 4.78 is 0. The van der Waals surface area contributed by atoms with Crippen molar-refractivity contribution in [3.05, 3.63) is 11.1 Å². The number of carbonyl (C=O) groups excluding carboxylic acids is 2. The topological polar surface area (TPSA) is 63.4 Å². The molecule has 0 aliphatic rings. The van der Waals surface area contributed by atoms with Crippen LogP contribution in [0.15, 0.2) is 11.1 Å². The van der Waals surface area contributed by atoms with Gasteiger partial charge in [-0.15, -0.1) is 0 Å². The molecule has 0 aliphatic heterocycles.